The predicted octanol–water partition coefficient (Wildman–Crippen LogP) is -0.0534. The van der Waals surface area contributed by atoms with Gasteiger partial charge in [0.05, 0.1) is 0 Å². The van der Waals surface area contributed by atoms with Crippen LogP contribution in [-0.2, 0) is 4.79 Å². The van der Waals surface area contributed by atoms with Gasteiger partial charge in [-0.05, 0) is 0 Å². The minimum Gasteiger partial charge on any atom is -0.480 e. The summed E-state index contributed by atoms with van der Waals surface area (Å²) in [4.78, 5) is 10.0. The van der Waals surface area contributed by atoms with Crippen LogP contribution in [0.2, 0.25) is 0 Å². The number of carboxylic acid groups (broad SMARTS) is 1. The Morgan fingerprint density at radius 3 is 2.62 bits per heavy atom. The maximum Gasteiger partial charge on any atom is 0.326 e. The monoisotopic (exact) mass is 113 g/mol. The fourth-order valence-corrected chi connectivity index (χ4v) is 0.621. The van der Waals surface area contributed by atoms with Gasteiger partial charge in [0, 0.05) is 12.1 Å². The lowest BCUT2D eigenvalue weighted by Crippen LogP contribution is -2.45. The van der Waals surface area contributed by atoms with Crippen molar-refractivity contribution in [1.29, 1.82) is 0 Å². The van der Waals surface area contributed by atoms with Crippen LogP contribution in [0.15, 0.2) is 12.3 Å². The molecule has 0 aromatic rings. The third kappa shape index (κ3) is 0.665. The summed E-state index contributed by atoms with van der Waals surface area (Å²) in [6.45, 7) is 3.52. The van der Waals surface area contributed by atoms with Gasteiger partial charge in [0.25, 0.3) is 0 Å². The molecule has 0 saturated carbocycles. The quantitative estimate of drug-likeness (QED) is 0.501. The lowest BCUT2D eigenvalue weighted by molar-refractivity contribution is -0.140. The standard InChI is InChI=1S/C5H7NO2/c1-3-2-4(6-3)5(7)8/h4,6H,1-2H2,(H,7,8). The van der Waals surface area contributed by atoms with Crippen LogP contribution < -0.4 is 5.32 Å². The molecule has 0 spiro atoms. The summed E-state index contributed by atoms with van der Waals surface area (Å²) in [5.41, 5.74) is 0.817. The topological polar surface area (TPSA) is 49.3 Å². The van der Waals surface area contributed by atoms with Crippen LogP contribution in [0.3, 0.4) is 0 Å². The summed E-state index contributed by atoms with van der Waals surface area (Å²) in [5.74, 6) is -0.794. The molecule has 1 fully saturated rings. The van der Waals surface area contributed by atoms with Gasteiger partial charge >= 0.3 is 5.97 Å². The maximum absolute atomic E-state index is 10.0. The molecule has 2 N–H and O–H groups in total. The van der Waals surface area contributed by atoms with Crippen molar-refractivity contribution in [2.45, 2.75) is 12.5 Å². The molecule has 3 nitrogen and oxygen atoms in total. The Labute approximate surface area is 47.0 Å². The largest absolute Gasteiger partial charge is 0.480 e. The zero-order valence-corrected chi connectivity index (χ0v) is 4.35. The van der Waals surface area contributed by atoms with E-state index in [0.717, 1.165) is 5.70 Å². The molecule has 44 valence electrons. The summed E-state index contributed by atoms with van der Waals surface area (Å²) in [7, 11) is 0. The Hall–Kier alpha value is -0.990. The molecule has 0 aromatic heterocycles. The van der Waals surface area contributed by atoms with Gasteiger partial charge in [-0.15, -0.1) is 0 Å². The first-order valence-corrected chi connectivity index (χ1v) is 2.37. The third-order valence-electron chi connectivity index (χ3n) is 1.13. The molecule has 1 heterocycles. The molecule has 8 heavy (non-hydrogen) atoms. The summed E-state index contributed by atoms with van der Waals surface area (Å²) >= 11 is 0. The van der Waals surface area contributed by atoms with Gasteiger partial charge in [0.2, 0.25) is 0 Å². The summed E-state index contributed by atoms with van der Waals surface area (Å²) in [6, 6.07) is -0.373. The number of rotatable bonds is 1. The fourth-order valence-electron chi connectivity index (χ4n) is 0.621. The van der Waals surface area contributed by atoms with Gasteiger partial charge in [0.1, 0.15) is 6.04 Å². The van der Waals surface area contributed by atoms with Crippen molar-refractivity contribution in [1.82, 2.24) is 5.32 Å². The average molecular weight is 113 g/mol. The van der Waals surface area contributed by atoms with Gasteiger partial charge < -0.3 is 10.4 Å². The van der Waals surface area contributed by atoms with E-state index in [9.17, 15) is 4.79 Å². The van der Waals surface area contributed by atoms with Crippen LogP contribution in [-0.4, -0.2) is 17.1 Å². The second-order valence-electron chi connectivity index (χ2n) is 1.84. The van der Waals surface area contributed by atoms with Crippen molar-refractivity contribution in [3.8, 4) is 0 Å². The minimum absolute atomic E-state index is 0.373. The number of hydrogen-bond donors (Lipinski definition) is 2. The zero-order chi connectivity index (χ0) is 6.15. The number of carboxylic acids is 1. The van der Waals surface area contributed by atoms with Crippen LogP contribution in [0, 0.1) is 0 Å². The van der Waals surface area contributed by atoms with E-state index in [-0.39, 0.29) is 6.04 Å². The van der Waals surface area contributed by atoms with Crippen LogP contribution in [0.5, 0.6) is 0 Å². The first-order chi connectivity index (χ1) is 3.70. The van der Waals surface area contributed by atoms with Crippen LogP contribution in [0.4, 0.5) is 0 Å². The van der Waals surface area contributed by atoms with E-state index < -0.39 is 5.97 Å². The maximum atomic E-state index is 10.0. The highest BCUT2D eigenvalue weighted by Crippen LogP contribution is 2.12. The van der Waals surface area contributed by atoms with E-state index in [0.29, 0.717) is 6.42 Å². The Morgan fingerprint density at radius 1 is 2.00 bits per heavy atom. The molecule has 1 aliphatic rings. The molecule has 1 rings (SSSR count). The second kappa shape index (κ2) is 1.51. The van der Waals surface area contributed by atoms with Crippen LogP contribution >= 0.6 is 0 Å². The van der Waals surface area contributed by atoms with Gasteiger partial charge in [-0.3, -0.25) is 0 Å². The second-order valence-corrected chi connectivity index (χ2v) is 1.84. The molecule has 1 atom stereocenters. The smallest absolute Gasteiger partial charge is 0.326 e. The van der Waals surface area contributed by atoms with Crippen molar-refractivity contribution < 1.29 is 9.90 Å². The van der Waals surface area contributed by atoms with Gasteiger partial charge in [-0.1, -0.05) is 6.58 Å². The van der Waals surface area contributed by atoms with Gasteiger partial charge in [0.15, 0.2) is 0 Å². The van der Waals surface area contributed by atoms with E-state index in [1.807, 2.05) is 0 Å². The number of nitrogens with one attached hydrogen (secondary N) is 1. The molecule has 0 radical (unpaired) electrons. The van der Waals surface area contributed by atoms with Crippen LogP contribution in [0.25, 0.3) is 0 Å². The highest BCUT2D eigenvalue weighted by molar-refractivity contribution is 5.75. The predicted molar refractivity (Wildman–Crippen MR) is 28.3 cm³/mol. The molecule has 0 aliphatic carbocycles. The molecule has 0 bridgehead atoms. The molecule has 1 aliphatic heterocycles. The zero-order valence-electron chi connectivity index (χ0n) is 4.35. The van der Waals surface area contributed by atoms with Crippen molar-refractivity contribution in [2.24, 2.45) is 0 Å². The van der Waals surface area contributed by atoms with E-state index in [4.69, 9.17) is 5.11 Å². The highest BCUT2D eigenvalue weighted by Gasteiger charge is 2.26. The number of hydrogen-bond acceptors (Lipinski definition) is 2. The molecular weight excluding hydrogens is 106 g/mol. The highest BCUT2D eigenvalue weighted by atomic mass is 16.4. The Kier molecular flexibility index (Phi) is 0.970. The van der Waals surface area contributed by atoms with Gasteiger partial charge in [-0.25, -0.2) is 4.79 Å². The molecule has 0 aromatic carbocycles. The van der Waals surface area contributed by atoms with E-state index in [1.54, 1.807) is 0 Å². The fraction of sp³-hybridized carbons (Fsp3) is 0.400. The average Bonchev–Trinajstić information content (AvgIpc) is 1.57. The SMILES string of the molecule is C=C1CC(C(=O)O)N1. The number of aliphatic carboxylic acids is 1. The Balaban J connectivity index is 2.35. The molecular formula is C5H7NO2. The normalized spacial score (nSPS) is 26.0. The van der Waals surface area contributed by atoms with E-state index in [1.165, 1.54) is 0 Å². The summed E-state index contributed by atoms with van der Waals surface area (Å²) in [5, 5.41) is 10.9. The van der Waals surface area contributed by atoms with Crippen molar-refractivity contribution >= 4 is 5.97 Å². The van der Waals surface area contributed by atoms with Crippen molar-refractivity contribution in [3.63, 3.8) is 0 Å². The summed E-state index contributed by atoms with van der Waals surface area (Å²) in [6.07, 6.45) is 0.579. The van der Waals surface area contributed by atoms with Crippen molar-refractivity contribution in [3.05, 3.63) is 12.3 Å². The molecule has 1 saturated heterocycles. The van der Waals surface area contributed by atoms with E-state index in [2.05, 4.69) is 11.9 Å². The first kappa shape index (κ1) is 5.15. The lowest BCUT2D eigenvalue weighted by Gasteiger charge is -2.26. The van der Waals surface area contributed by atoms with E-state index >= 15 is 0 Å². The van der Waals surface area contributed by atoms with Gasteiger partial charge in [-0.2, -0.15) is 0 Å². The Bertz CT molecular complexity index is 133. The van der Waals surface area contributed by atoms with Crippen molar-refractivity contribution in [2.75, 3.05) is 0 Å². The van der Waals surface area contributed by atoms with Crippen LogP contribution in [0.1, 0.15) is 6.42 Å². The molecule has 1 unspecified atom stereocenters. The molecule has 3 heteroatoms. The lowest BCUT2D eigenvalue weighted by atomic mass is 10.1. The molecule has 0 amide bonds. The minimum atomic E-state index is -0.794. The number of carbonyl (C=O) groups is 1. The first-order valence-electron chi connectivity index (χ1n) is 2.37. The third-order valence-corrected chi connectivity index (χ3v) is 1.13. The summed E-state index contributed by atoms with van der Waals surface area (Å²) < 4.78 is 0. The Morgan fingerprint density at radius 2 is 2.50 bits per heavy atom.